The van der Waals surface area contributed by atoms with Crippen LogP contribution in [0.5, 0.6) is 0 Å². The van der Waals surface area contributed by atoms with E-state index in [-0.39, 0.29) is 11.9 Å². The number of anilines is 1. The first-order valence-electron chi connectivity index (χ1n) is 10.1. The number of aromatic nitrogens is 3. The van der Waals surface area contributed by atoms with Crippen LogP contribution in [0.2, 0.25) is 0 Å². The third kappa shape index (κ3) is 4.16. The highest BCUT2D eigenvalue weighted by Gasteiger charge is 2.31. The molecule has 0 radical (unpaired) electrons. The van der Waals surface area contributed by atoms with Gasteiger partial charge in [0.2, 0.25) is 17.6 Å². The molecule has 2 aromatic heterocycles. The summed E-state index contributed by atoms with van der Waals surface area (Å²) in [4.78, 5) is 25.4. The standard InChI is InChI=1S/C20H28N6O2/c1-14(27)22-18(15-5-3-4-6-15)20-23-19(24-28-20)17-13-16(7-8-21-17)26-11-9-25(2)10-12-26/h7-8,13,15,18H,3-6,9-12H2,1-2H3,(H,22,27)/t18-/m0/s1. The van der Waals surface area contributed by atoms with Gasteiger partial charge in [-0.25, -0.2) is 0 Å². The lowest BCUT2D eigenvalue weighted by Gasteiger charge is -2.34. The molecule has 4 rings (SSSR count). The van der Waals surface area contributed by atoms with Gasteiger partial charge < -0.3 is 19.6 Å². The Morgan fingerprint density at radius 3 is 2.71 bits per heavy atom. The molecule has 0 bridgehead atoms. The number of piperazine rings is 1. The van der Waals surface area contributed by atoms with Gasteiger partial charge in [0.15, 0.2) is 0 Å². The zero-order valence-corrected chi connectivity index (χ0v) is 16.6. The van der Waals surface area contributed by atoms with Crippen LogP contribution < -0.4 is 10.2 Å². The van der Waals surface area contributed by atoms with Gasteiger partial charge in [-0.3, -0.25) is 9.78 Å². The van der Waals surface area contributed by atoms with Gasteiger partial charge in [-0.1, -0.05) is 18.0 Å². The van der Waals surface area contributed by atoms with Gasteiger partial charge in [-0.05, 0) is 37.9 Å². The molecule has 1 saturated heterocycles. The Bertz CT molecular complexity index is 809. The highest BCUT2D eigenvalue weighted by Crippen LogP contribution is 2.35. The summed E-state index contributed by atoms with van der Waals surface area (Å²) in [5, 5.41) is 7.16. The second kappa shape index (κ2) is 8.26. The number of carbonyl (C=O) groups excluding carboxylic acids is 1. The maximum atomic E-state index is 11.7. The van der Waals surface area contributed by atoms with E-state index in [1.165, 1.54) is 19.8 Å². The Balaban J connectivity index is 1.54. The average molecular weight is 384 g/mol. The van der Waals surface area contributed by atoms with E-state index in [9.17, 15) is 4.79 Å². The first-order chi connectivity index (χ1) is 13.6. The number of hydrogen-bond donors (Lipinski definition) is 1. The van der Waals surface area contributed by atoms with Gasteiger partial charge >= 0.3 is 0 Å². The zero-order valence-electron chi connectivity index (χ0n) is 16.6. The van der Waals surface area contributed by atoms with Crippen molar-refractivity contribution in [2.75, 3.05) is 38.1 Å². The van der Waals surface area contributed by atoms with Crippen molar-refractivity contribution in [3.63, 3.8) is 0 Å². The van der Waals surface area contributed by atoms with Gasteiger partial charge in [-0.15, -0.1) is 0 Å². The van der Waals surface area contributed by atoms with E-state index < -0.39 is 0 Å². The normalized spacial score (nSPS) is 19.7. The Morgan fingerprint density at radius 2 is 2.00 bits per heavy atom. The number of carbonyl (C=O) groups is 1. The topological polar surface area (TPSA) is 87.4 Å². The fourth-order valence-corrected chi connectivity index (χ4v) is 4.16. The van der Waals surface area contributed by atoms with Crippen molar-refractivity contribution in [1.29, 1.82) is 0 Å². The lowest BCUT2D eigenvalue weighted by Crippen LogP contribution is -2.44. The Labute approximate surface area is 165 Å². The Hall–Kier alpha value is -2.48. The van der Waals surface area contributed by atoms with Crippen molar-refractivity contribution < 1.29 is 9.32 Å². The van der Waals surface area contributed by atoms with Crippen LogP contribution in [-0.2, 0) is 4.79 Å². The highest BCUT2D eigenvalue weighted by molar-refractivity contribution is 5.73. The molecule has 8 heteroatoms. The molecule has 2 aliphatic rings. The summed E-state index contributed by atoms with van der Waals surface area (Å²) in [5.41, 5.74) is 1.82. The molecular weight excluding hydrogens is 356 g/mol. The van der Waals surface area contributed by atoms with Gasteiger partial charge in [0.25, 0.3) is 0 Å². The molecule has 1 amide bonds. The van der Waals surface area contributed by atoms with Crippen molar-refractivity contribution in [1.82, 2.24) is 25.3 Å². The van der Waals surface area contributed by atoms with Gasteiger partial charge in [-0.2, -0.15) is 4.98 Å². The van der Waals surface area contributed by atoms with E-state index in [2.05, 4.69) is 37.3 Å². The lowest BCUT2D eigenvalue weighted by atomic mass is 9.98. The predicted octanol–water partition coefficient (Wildman–Crippen LogP) is 2.25. The van der Waals surface area contributed by atoms with Crippen LogP contribution in [0.3, 0.4) is 0 Å². The number of hydrogen-bond acceptors (Lipinski definition) is 7. The van der Waals surface area contributed by atoms with Crippen molar-refractivity contribution >= 4 is 11.6 Å². The summed E-state index contributed by atoms with van der Waals surface area (Å²) < 4.78 is 5.56. The van der Waals surface area contributed by atoms with E-state index in [1.807, 2.05) is 12.1 Å². The van der Waals surface area contributed by atoms with E-state index >= 15 is 0 Å². The number of amides is 1. The van der Waals surface area contributed by atoms with Gasteiger partial charge in [0.1, 0.15) is 11.7 Å². The van der Waals surface area contributed by atoms with E-state index in [0.717, 1.165) is 44.7 Å². The Morgan fingerprint density at radius 1 is 1.25 bits per heavy atom. The molecule has 2 aromatic rings. The summed E-state index contributed by atoms with van der Waals surface area (Å²) in [7, 11) is 2.14. The molecule has 1 saturated carbocycles. The molecule has 1 N–H and O–H groups in total. The molecule has 8 nitrogen and oxygen atoms in total. The third-order valence-electron chi connectivity index (χ3n) is 5.78. The fraction of sp³-hybridized carbons (Fsp3) is 0.600. The number of rotatable bonds is 5. The molecule has 2 fully saturated rings. The minimum Gasteiger partial charge on any atom is -0.369 e. The molecule has 28 heavy (non-hydrogen) atoms. The molecule has 3 heterocycles. The van der Waals surface area contributed by atoms with E-state index in [0.29, 0.717) is 23.3 Å². The van der Waals surface area contributed by atoms with Crippen LogP contribution in [0.4, 0.5) is 5.69 Å². The van der Waals surface area contributed by atoms with E-state index in [1.54, 1.807) is 6.20 Å². The van der Waals surface area contributed by atoms with Gasteiger partial charge in [0.05, 0.1) is 0 Å². The van der Waals surface area contributed by atoms with Crippen LogP contribution >= 0.6 is 0 Å². The molecular formula is C20H28N6O2. The summed E-state index contributed by atoms with van der Waals surface area (Å²) in [6, 6.07) is 3.82. The number of nitrogens with one attached hydrogen (secondary N) is 1. The second-order valence-electron chi connectivity index (χ2n) is 7.87. The summed E-state index contributed by atoms with van der Waals surface area (Å²) in [6.07, 6.45) is 6.29. The highest BCUT2D eigenvalue weighted by atomic mass is 16.5. The quantitative estimate of drug-likeness (QED) is 0.846. The molecule has 150 valence electrons. The van der Waals surface area contributed by atoms with Crippen LogP contribution in [0, 0.1) is 5.92 Å². The van der Waals surface area contributed by atoms with Crippen LogP contribution in [0.25, 0.3) is 11.5 Å². The first-order valence-corrected chi connectivity index (χ1v) is 10.1. The summed E-state index contributed by atoms with van der Waals surface area (Å²) >= 11 is 0. The van der Waals surface area contributed by atoms with E-state index in [4.69, 9.17) is 4.52 Å². The summed E-state index contributed by atoms with van der Waals surface area (Å²) in [6.45, 7) is 5.60. The molecule has 1 atom stereocenters. The third-order valence-corrected chi connectivity index (χ3v) is 5.78. The molecule has 1 aliphatic heterocycles. The van der Waals surface area contributed by atoms with Crippen LogP contribution in [0.1, 0.15) is 44.5 Å². The van der Waals surface area contributed by atoms with Crippen molar-refractivity contribution in [3.05, 3.63) is 24.2 Å². The maximum absolute atomic E-state index is 11.7. The number of pyridine rings is 1. The fourth-order valence-electron chi connectivity index (χ4n) is 4.16. The minimum absolute atomic E-state index is 0.0770. The first kappa shape index (κ1) is 18.9. The molecule has 0 unspecified atom stereocenters. The van der Waals surface area contributed by atoms with Crippen LogP contribution in [0.15, 0.2) is 22.9 Å². The van der Waals surface area contributed by atoms with Crippen LogP contribution in [-0.4, -0.2) is 59.2 Å². The Kier molecular flexibility index (Phi) is 5.57. The molecule has 0 aromatic carbocycles. The van der Waals surface area contributed by atoms with Crippen molar-refractivity contribution in [3.8, 4) is 11.5 Å². The van der Waals surface area contributed by atoms with Crippen molar-refractivity contribution in [2.24, 2.45) is 5.92 Å². The zero-order chi connectivity index (χ0) is 19.5. The average Bonchev–Trinajstić information content (AvgIpc) is 3.39. The number of likely N-dealkylation sites (N-methyl/N-ethyl adjacent to an activating group) is 1. The van der Waals surface area contributed by atoms with Crippen molar-refractivity contribution in [2.45, 2.75) is 38.6 Å². The molecule has 1 aliphatic carbocycles. The smallest absolute Gasteiger partial charge is 0.249 e. The largest absolute Gasteiger partial charge is 0.369 e. The maximum Gasteiger partial charge on any atom is 0.249 e. The number of nitrogens with zero attached hydrogens (tertiary/aromatic N) is 5. The minimum atomic E-state index is -0.220. The summed E-state index contributed by atoms with van der Waals surface area (Å²) in [5.74, 6) is 1.22. The second-order valence-corrected chi connectivity index (χ2v) is 7.87. The van der Waals surface area contributed by atoms with Gasteiger partial charge in [0, 0.05) is 45.0 Å². The molecule has 0 spiro atoms. The monoisotopic (exact) mass is 384 g/mol. The lowest BCUT2D eigenvalue weighted by molar-refractivity contribution is -0.120. The SMILES string of the molecule is CC(=O)N[C@H](c1nc(-c2cc(N3CCN(C)CC3)ccn2)no1)C1CCCC1. The predicted molar refractivity (Wildman–Crippen MR) is 106 cm³/mol.